The van der Waals surface area contributed by atoms with E-state index in [2.05, 4.69) is 128 Å². The van der Waals surface area contributed by atoms with Gasteiger partial charge in [-0.15, -0.1) is 0 Å². The van der Waals surface area contributed by atoms with Gasteiger partial charge >= 0.3 is 0 Å². The van der Waals surface area contributed by atoms with E-state index in [0.717, 1.165) is 27.8 Å². The van der Waals surface area contributed by atoms with Gasteiger partial charge in [-0.2, -0.15) is 4.57 Å². The highest BCUT2D eigenvalue weighted by atomic mass is 32.2. The van der Waals surface area contributed by atoms with Crippen LogP contribution in [0.5, 0.6) is 0 Å². The largest absolute Gasteiger partial charge is 0.309 e. The zero-order valence-corrected chi connectivity index (χ0v) is 27.6. The summed E-state index contributed by atoms with van der Waals surface area (Å²) in [6.07, 6.45) is 0. The second-order valence-electron chi connectivity index (χ2n) is 14.4. The Morgan fingerprint density at radius 3 is 2.17 bits per heavy atom. The van der Waals surface area contributed by atoms with E-state index >= 15 is 0 Å². The quantitative estimate of drug-likeness (QED) is 0.179. The fourth-order valence-corrected chi connectivity index (χ4v) is 10.3. The van der Waals surface area contributed by atoms with Crippen molar-refractivity contribution in [1.29, 1.82) is 0 Å². The Bertz CT molecular complexity index is 2660. The van der Waals surface area contributed by atoms with Gasteiger partial charge in [0.15, 0.2) is 5.69 Å². The Hall–Kier alpha value is -5.00. The molecule has 1 unspecified atom stereocenters. The topological polar surface area (TPSA) is 43.0 Å². The van der Waals surface area contributed by atoms with Gasteiger partial charge in [0.2, 0.25) is 21.6 Å². The Labute approximate surface area is 274 Å². The first kappa shape index (κ1) is 27.1. The molecule has 47 heavy (non-hydrogen) atoms. The number of para-hydroxylation sites is 2. The third-order valence-corrected chi connectivity index (χ3v) is 13.1. The van der Waals surface area contributed by atoms with Crippen molar-refractivity contribution in [3.8, 4) is 16.9 Å². The fourth-order valence-electron chi connectivity index (χ4n) is 9.03. The molecule has 0 aliphatic carbocycles. The van der Waals surface area contributed by atoms with Gasteiger partial charge in [-0.3, -0.25) is 0 Å². The Balaban J connectivity index is 1.19. The standard InChI is InChI=1S/C42H33N2O2S/c1-41(2)33-22-20-26(24-37(33)43-35-16-8-7-12-28(35)30-14-9-15-34(41)40(30)43)47(45,46)25-19-21-32-31(23-25)39-29-13-6-5-11-27(29)36-17-10-18-38(44(36)39)42(32,3)4/h5-24,39H,1-4H3/q+1. The number of benzene rings is 5. The van der Waals surface area contributed by atoms with Crippen LogP contribution in [0.15, 0.2) is 131 Å². The summed E-state index contributed by atoms with van der Waals surface area (Å²) in [6.45, 7) is 8.97. The van der Waals surface area contributed by atoms with Gasteiger partial charge < -0.3 is 4.57 Å². The first-order valence-electron chi connectivity index (χ1n) is 16.3. The fraction of sp³-hybridized carbons (Fsp3) is 0.167. The lowest BCUT2D eigenvalue weighted by Crippen LogP contribution is -2.52. The van der Waals surface area contributed by atoms with E-state index in [-0.39, 0.29) is 16.9 Å². The molecule has 1 atom stereocenters. The van der Waals surface area contributed by atoms with E-state index in [0.29, 0.717) is 9.79 Å². The number of nitrogens with zero attached hydrogens (tertiary/aromatic N) is 2. The summed E-state index contributed by atoms with van der Waals surface area (Å²) in [4.78, 5) is 0.642. The predicted octanol–water partition coefficient (Wildman–Crippen LogP) is 8.80. The molecular formula is C42H33N2O2S+. The Morgan fingerprint density at radius 2 is 1.32 bits per heavy atom. The molecule has 5 heteroatoms. The average Bonchev–Trinajstić information content (AvgIpc) is 3.60. The third-order valence-electron chi connectivity index (χ3n) is 11.3. The minimum Gasteiger partial charge on any atom is -0.309 e. The van der Waals surface area contributed by atoms with Crippen LogP contribution in [0.4, 0.5) is 0 Å². The maximum Gasteiger partial charge on any atom is 0.214 e. The summed E-state index contributed by atoms with van der Waals surface area (Å²) in [5, 5.41) is 2.36. The number of rotatable bonds is 2. The molecule has 3 aliphatic heterocycles. The van der Waals surface area contributed by atoms with Crippen molar-refractivity contribution in [3.63, 3.8) is 0 Å². The van der Waals surface area contributed by atoms with Crippen molar-refractivity contribution in [1.82, 2.24) is 4.57 Å². The van der Waals surface area contributed by atoms with Crippen LogP contribution in [0.1, 0.15) is 67.2 Å². The molecular weight excluding hydrogens is 597 g/mol. The van der Waals surface area contributed by atoms with Gasteiger partial charge in [0.1, 0.15) is 0 Å². The minimum absolute atomic E-state index is 0.0732. The van der Waals surface area contributed by atoms with Crippen LogP contribution in [0.3, 0.4) is 0 Å². The first-order valence-corrected chi connectivity index (χ1v) is 17.8. The molecule has 0 saturated heterocycles. The van der Waals surface area contributed by atoms with Gasteiger partial charge in [0.05, 0.1) is 37.5 Å². The monoisotopic (exact) mass is 629 g/mol. The van der Waals surface area contributed by atoms with Crippen LogP contribution in [0, 0.1) is 0 Å². The highest BCUT2D eigenvalue weighted by Gasteiger charge is 2.50. The van der Waals surface area contributed by atoms with Gasteiger partial charge in [0.25, 0.3) is 0 Å². The van der Waals surface area contributed by atoms with Crippen molar-refractivity contribution in [2.45, 2.75) is 54.4 Å². The van der Waals surface area contributed by atoms with E-state index in [4.69, 9.17) is 0 Å². The number of aromatic nitrogens is 2. The van der Waals surface area contributed by atoms with Gasteiger partial charge in [-0.05, 0) is 73.0 Å². The molecule has 7 aromatic rings. The third kappa shape index (κ3) is 3.23. The summed E-state index contributed by atoms with van der Waals surface area (Å²) in [6, 6.07) is 41.5. The van der Waals surface area contributed by atoms with Crippen LogP contribution in [0.2, 0.25) is 0 Å². The number of hydrogen-bond donors (Lipinski definition) is 0. The Kier molecular flexibility index (Phi) is 5.01. The number of sulfone groups is 1. The van der Waals surface area contributed by atoms with E-state index in [1.807, 2.05) is 30.3 Å². The van der Waals surface area contributed by atoms with Crippen molar-refractivity contribution in [2.24, 2.45) is 0 Å². The smallest absolute Gasteiger partial charge is 0.214 e. The zero-order chi connectivity index (χ0) is 32.0. The molecule has 10 rings (SSSR count). The molecule has 5 aromatic carbocycles. The maximum atomic E-state index is 14.7. The average molecular weight is 630 g/mol. The molecule has 5 heterocycles. The van der Waals surface area contributed by atoms with Crippen LogP contribution >= 0.6 is 0 Å². The summed E-state index contributed by atoms with van der Waals surface area (Å²) in [5.74, 6) is 0. The lowest BCUT2D eigenvalue weighted by molar-refractivity contribution is -0.701. The highest BCUT2D eigenvalue weighted by molar-refractivity contribution is 7.91. The van der Waals surface area contributed by atoms with Crippen LogP contribution < -0.4 is 4.57 Å². The predicted molar refractivity (Wildman–Crippen MR) is 186 cm³/mol. The highest BCUT2D eigenvalue weighted by Crippen LogP contribution is 2.50. The van der Waals surface area contributed by atoms with E-state index in [9.17, 15) is 8.42 Å². The molecule has 0 spiro atoms. The number of pyridine rings is 1. The minimum atomic E-state index is -3.86. The number of hydrogen-bond acceptors (Lipinski definition) is 2. The molecule has 0 bridgehead atoms. The lowest BCUT2D eigenvalue weighted by atomic mass is 9.73. The molecule has 228 valence electrons. The van der Waals surface area contributed by atoms with Gasteiger partial charge in [-0.1, -0.05) is 80.6 Å². The van der Waals surface area contributed by atoms with Gasteiger partial charge in [-0.25, -0.2) is 8.42 Å². The van der Waals surface area contributed by atoms with Crippen LogP contribution in [-0.2, 0) is 20.7 Å². The van der Waals surface area contributed by atoms with Crippen molar-refractivity contribution < 1.29 is 13.0 Å². The molecule has 0 amide bonds. The van der Waals surface area contributed by atoms with Crippen molar-refractivity contribution >= 4 is 31.6 Å². The first-order chi connectivity index (χ1) is 22.6. The molecule has 0 saturated carbocycles. The summed E-state index contributed by atoms with van der Waals surface area (Å²) in [7, 11) is -3.86. The Morgan fingerprint density at radius 1 is 0.617 bits per heavy atom. The molecule has 2 aromatic heterocycles. The zero-order valence-electron chi connectivity index (χ0n) is 26.7. The molecule has 0 fully saturated rings. The lowest BCUT2D eigenvalue weighted by Gasteiger charge is -2.35. The van der Waals surface area contributed by atoms with Crippen LogP contribution in [0.25, 0.3) is 38.8 Å². The van der Waals surface area contributed by atoms with Gasteiger partial charge in [0, 0.05) is 39.4 Å². The molecule has 0 N–H and O–H groups in total. The second-order valence-corrected chi connectivity index (χ2v) is 16.3. The normalized spacial score (nSPS) is 17.7. The molecule has 4 nitrogen and oxygen atoms in total. The van der Waals surface area contributed by atoms with Crippen molar-refractivity contribution in [3.05, 3.63) is 155 Å². The second kappa shape index (κ2) is 8.67. The van der Waals surface area contributed by atoms with Crippen LogP contribution in [-0.4, -0.2) is 13.0 Å². The van der Waals surface area contributed by atoms with E-state index in [1.54, 1.807) is 0 Å². The summed E-state index contributed by atoms with van der Waals surface area (Å²) < 4.78 is 34.1. The summed E-state index contributed by atoms with van der Waals surface area (Å²) in [5.41, 5.74) is 12.0. The maximum absolute atomic E-state index is 14.7. The number of fused-ring (bicyclic) bond motifs is 10. The van der Waals surface area contributed by atoms with Crippen molar-refractivity contribution in [2.75, 3.05) is 0 Å². The summed E-state index contributed by atoms with van der Waals surface area (Å²) >= 11 is 0. The van der Waals surface area contributed by atoms with E-state index < -0.39 is 9.84 Å². The molecule has 0 radical (unpaired) electrons. The van der Waals surface area contributed by atoms with E-state index in [1.165, 1.54) is 44.4 Å². The molecule has 3 aliphatic rings. The SMILES string of the molecule is CC1(C)c2ccc(S(=O)(=O)c3ccc4c(c3)C3c5ccccc5-c5cccc([n+]53)C4(C)C)cc2-n2c3ccccc3c3cccc1c32.